The molecule has 1 aliphatic carbocycles. The topological polar surface area (TPSA) is 37.8 Å². The van der Waals surface area contributed by atoms with Crippen LogP contribution in [0.25, 0.3) is 10.2 Å². The Balaban J connectivity index is 1.60. The number of anilines is 1. The van der Waals surface area contributed by atoms with Gasteiger partial charge in [0.25, 0.3) is 0 Å². The molecule has 0 radical (unpaired) electrons. The van der Waals surface area contributed by atoms with Crippen molar-refractivity contribution in [2.75, 3.05) is 5.32 Å². The highest BCUT2D eigenvalue weighted by atomic mass is 32.1. The molecule has 0 saturated heterocycles. The summed E-state index contributed by atoms with van der Waals surface area (Å²) in [5.74, 6) is 0.259. The summed E-state index contributed by atoms with van der Waals surface area (Å²) in [6.45, 7) is 4.09. The lowest BCUT2D eigenvalue weighted by atomic mass is 10.1. The van der Waals surface area contributed by atoms with E-state index in [1.807, 2.05) is 6.92 Å². The maximum absolute atomic E-state index is 13.4. The van der Waals surface area contributed by atoms with Crippen molar-refractivity contribution < 1.29 is 8.78 Å². The average Bonchev–Trinajstić information content (AvgIpc) is 3.21. The number of rotatable bonds is 4. The highest BCUT2D eigenvalue weighted by Gasteiger charge is 2.39. The molecule has 1 N–H and O–H groups in total. The molecule has 0 bridgehead atoms. The van der Waals surface area contributed by atoms with Gasteiger partial charge in [0.1, 0.15) is 16.5 Å². The molecule has 0 spiro atoms. The Morgan fingerprint density at radius 1 is 1.21 bits per heavy atom. The van der Waals surface area contributed by atoms with Crippen molar-refractivity contribution in [2.45, 2.75) is 38.6 Å². The molecular weight excluding hydrogens is 328 g/mol. The Morgan fingerprint density at radius 2 is 2.04 bits per heavy atom. The maximum Gasteiger partial charge on any atom is 0.159 e. The zero-order chi connectivity index (χ0) is 16.8. The first kappa shape index (κ1) is 15.4. The quantitative estimate of drug-likeness (QED) is 0.737. The third-order valence-electron chi connectivity index (χ3n) is 4.36. The van der Waals surface area contributed by atoms with Crippen LogP contribution in [0.4, 0.5) is 14.6 Å². The minimum atomic E-state index is -0.803. The van der Waals surface area contributed by atoms with E-state index in [1.54, 1.807) is 17.4 Å². The summed E-state index contributed by atoms with van der Waals surface area (Å²) in [4.78, 5) is 11.4. The first-order valence-electron chi connectivity index (χ1n) is 8.03. The van der Waals surface area contributed by atoms with Gasteiger partial charge in [-0.15, -0.1) is 11.3 Å². The summed E-state index contributed by atoms with van der Waals surface area (Å²) in [6, 6.07) is 6.44. The maximum atomic E-state index is 13.4. The minimum Gasteiger partial charge on any atom is -0.366 e. The number of aryl methyl sites for hydroxylation is 2. The van der Waals surface area contributed by atoms with Crippen molar-refractivity contribution in [3.8, 4) is 0 Å². The Hall–Kier alpha value is -2.08. The fourth-order valence-electron chi connectivity index (χ4n) is 3.00. The van der Waals surface area contributed by atoms with Gasteiger partial charge >= 0.3 is 0 Å². The highest BCUT2D eigenvalue weighted by molar-refractivity contribution is 7.18. The van der Waals surface area contributed by atoms with Crippen LogP contribution < -0.4 is 5.32 Å². The van der Waals surface area contributed by atoms with Gasteiger partial charge in [0.05, 0.1) is 5.39 Å². The summed E-state index contributed by atoms with van der Waals surface area (Å²) < 4.78 is 26.5. The Morgan fingerprint density at radius 3 is 2.79 bits per heavy atom. The second kappa shape index (κ2) is 5.77. The largest absolute Gasteiger partial charge is 0.366 e. The third kappa shape index (κ3) is 2.75. The molecule has 0 unspecified atom stereocenters. The van der Waals surface area contributed by atoms with Crippen molar-refractivity contribution in [1.82, 2.24) is 9.97 Å². The summed E-state index contributed by atoms with van der Waals surface area (Å²) in [5.41, 5.74) is 0.828. The van der Waals surface area contributed by atoms with Gasteiger partial charge in [0.2, 0.25) is 0 Å². The first-order chi connectivity index (χ1) is 11.5. The van der Waals surface area contributed by atoms with Gasteiger partial charge in [-0.05, 0) is 37.1 Å². The van der Waals surface area contributed by atoms with Crippen molar-refractivity contribution in [1.29, 1.82) is 0 Å². The van der Waals surface area contributed by atoms with Gasteiger partial charge in [0.15, 0.2) is 11.6 Å². The van der Waals surface area contributed by atoms with Crippen LogP contribution in [0.3, 0.4) is 0 Å². The van der Waals surface area contributed by atoms with Gasteiger partial charge in [-0.3, -0.25) is 0 Å². The van der Waals surface area contributed by atoms with Crippen molar-refractivity contribution in [2.24, 2.45) is 0 Å². The molecule has 4 rings (SSSR count). The number of nitrogens with one attached hydrogen (secondary N) is 1. The molecule has 2 atom stereocenters. The van der Waals surface area contributed by atoms with Crippen LogP contribution in [0.15, 0.2) is 24.3 Å². The lowest BCUT2D eigenvalue weighted by molar-refractivity contribution is 0.507. The van der Waals surface area contributed by atoms with Crippen molar-refractivity contribution >= 4 is 27.4 Å². The highest BCUT2D eigenvalue weighted by Crippen LogP contribution is 2.44. The van der Waals surface area contributed by atoms with Crippen LogP contribution >= 0.6 is 11.3 Å². The van der Waals surface area contributed by atoms with Crippen LogP contribution in [0, 0.1) is 18.6 Å². The van der Waals surface area contributed by atoms with Crippen LogP contribution in [0.2, 0.25) is 0 Å². The van der Waals surface area contributed by atoms with Crippen LogP contribution in [-0.4, -0.2) is 16.0 Å². The number of halogens is 2. The standard InChI is InChI=1S/C18H17F2N3S/c1-3-16-22-17(12-6-9(2)24-18(12)23-16)21-15-8-11(15)10-4-5-13(19)14(20)7-10/h4-7,11,15H,3,8H2,1-2H3,(H,21,22,23)/t11-,15+/m0/s1. The van der Waals surface area contributed by atoms with E-state index < -0.39 is 11.6 Å². The number of nitrogens with zero attached hydrogens (tertiary/aromatic N) is 2. The van der Waals surface area contributed by atoms with Crippen LogP contribution in [0.1, 0.15) is 35.5 Å². The molecule has 2 heterocycles. The predicted molar refractivity (Wildman–Crippen MR) is 92.7 cm³/mol. The zero-order valence-corrected chi connectivity index (χ0v) is 14.3. The monoisotopic (exact) mass is 345 g/mol. The molecule has 1 aromatic carbocycles. The van der Waals surface area contributed by atoms with E-state index in [2.05, 4.69) is 28.3 Å². The van der Waals surface area contributed by atoms with E-state index >= 15 is 0 Å². The molecule has 24 heavy (non-hydrogen) atoms. The summed E-state index contributed by atoms with van der Waals surface area (Å²) in [7, 11) is 0. The molecule has 3 aromatic rings. The van der Waals surface area contributed by atoms with Crippen molar-refractivity contribution in [3.63, 3.8) is 0 Å². The van der Waals surface area contributed by atoms with E-state index in [1.165, 1.54) is 17.0 Å². The van der Waals surface area contributed by atoms with E-state index in [9.17, 15) is 8.78 Å². The molecule has 6 heteroatoms. The van der Waals surface area contributed by atoms with Gasteiger partial charge in [-0.2, -0.15) is 0 Å². The summed E-state index contributed by atoms with van der Waals surface area (Å²) in [5, 5.41) is 4.50. The number of aromatic nitrogens is 2. The predicted octanol–water partition coefficient (Wildman–Crippen LogP) is 4.81. The molecule has 0 aliphatic heterocycles. The Labute approximate surface area is 142 Å². The first-order valence-corrected chi connectivity index (χ1v) is 8.85. The second-order valence-corrected chi connectivity index (χ2v) is 7.42. The molecule has 3 nitrogen and oxygen atoms in total. The van der Waals surface area contributed by atoms with Crippen molar-refractivity contribution in [3.05, 3.63) is 52.2 Å². The van der Waals surface area contributed by atoms with Gasteiger partial charge < -0.3 is 5.32 Å². The fourth-order valence-corrected chi connectivity index (χ4v) is 3.89. The van der Waals surface area contributed by atoms with Gasteiger partial charge in [-0.1, -0.05) is 13.0 Å². The lowest BCUT2D eigenvalue weighted by Gasteiger charge is -2.08. The Bertz CT molecular complexity index is 922. The van der Waals surface area contributed by atoms with E-state index in [-0.39, 0.29) is 12.0 Å². The molecule has 0 amide bonds. The fraction of sp³-hybridized carbons (Fsp3) is 0.333. The molecular formula is C18H17F2N3S. The Kier molecular flexibility index (Phi) is 3.72. The number of benzene rings is 1. The number of thiophene rings is 1. The minimum absolute atomic E-state index is 0.190. The molecule has 1 fully saturated rings. The molecule has 124 valence electrons. The van der Waals surface area contributed by atoms with Crippen LogP contribution in [-0.2, 0) is 6.42 Å². The molecule has 2 aromatic heterocycles. The number of hydrogen-bond donors (Lipinski definition) is 1. The second-order valence-electron chi connectivity index (χ2n) is 6.18. The number of hydrogen-bond acceptors (Lipinski definition) is 4. The van der Waals surface area contributed by atoms with E-state index in [0.717, 1.165) is 40.3 Å². The lowest BCUT2D eigenvalue weighted by Crippen LogP contribution is -2.08. The zero-order valence-electron chi connectivity index (χ0n) is 13.4. The molecule has 1 aliphatic rings. The summed E-state index contributed by atoms with van der Waals surface area (Å²) in [6.07, 6.45) is 1.67. The normalized spacial score (nSPS) is 19.7. The van der Waals surface area contributed by atoms with Gasteiger partial charge in [0, 0.05) is 23.3 Å². The average molecular weight is 345 g/mol. The van der Waals surface area contributed by atoms with Gasteiger partial charge in [-0.25, -0.2) is 18.7 Å². The third-order valence-corrected chi connectivity index (χ3v) is 5.31. The SMILES string of the molecule is CCc1nc(N[C@@H]2C[C@H]2c2ccc(F)c(F)c2)c2cc(C)sc2n1. The summed E-state index contributed by atoms with van der Waals surface area (Å²) >= 11 is 1.66. The number of fused-ring (bicyclic) bond motifs is 1. The molecule has 1 saturated carbocycles. The van der Waals surface area contributed by atoms with E-state index in [0.29, 0.717) is 0 Å². The van der Waals surface area contributed by atoms with Crippen LogP contribution in [0.5, 0.6) is 0 Å². The smallest absolute Gasteiger partial charge is 0.159 e. The van der Waals surface area contributed by atoms with E-state index in [4.69, 9.17) is 0 Å².